The van der Waals surface area contributed by atoms with Gasteiger partial charge in [-0.25, -0.2) is 4.39 Å². The maximum absolute atomic E-state index is 13.3. The number of ether oxygens (including phenoxy) is 1. The van der Waals surface area contributed by atoms with Gasteiger partial charge >= 0.3 is 0 Å². The lowest BCUT2D eigenvalue weighted by Gasteiger charge is -2.03. The summed E-state index contributed by atoms with van der Waals surface area (Å²) in [5.41, 5.74) is 0.412. The van der Waals surface area contributed by atoms with Gasteiger partial charge in [-0.2, -0.15) is 0 Å². The largest absolute Gasteiger partial charge is 0.381 e. The second-order valence-corrected chi connectivity index (χ2v) is 5.02. The number of nitrogens with one attached hydrogen (secondary N) is 1. The van der Waals surface area contributed by atoms with E-state index in [1.807, 2.05) is 0 Å². The quantitative estimate of drug-likeness (QED) is 0.586. The van der Waals surface area contributed by atoms with Gasteiger partial charge in [0.15, 0.2) is 0 Å². The minimum absolute atomic E-state index is 0.213. The van der Waals surface area contributed by atoms with Gasteiger partial charge in [0.1, 0.15) is 5.82 Å². The minimum Gasteiger partial charge on any atom is -0.381 e. The maximum atomic E-state index is 13.3. The van der Waals surface area contributed by atoms with E-state index in [0.717, 1.165) is 18.9 Å². The normalized spacial score (nSPS) is 14.7. The molecule has 1 saturated carbocycles. The summed E-state index contributed by atoms with van der Waals surface area (Å²) in [5, 5.41) is 2.75. The number of hydrogen-bond donors (Lipinski definition) is 1. The van der Waals surface area contributed by atoms with Crippen LogP contribution in [0, 0.1) is 11.7 Å². The fraction of sp³-hybridized carbons (Fsp3) is 0.438. The number of amides is 1. The van der Waals surface area contributed by atoms with E-state index in [1.54, 1.807) is 18.2 Å². The third kappa shape index (κ3) is 5.53. The summed E-state index contributed by atoms with van der Waals surface area (Å²) >= 11 is 0. The lowest BCUT2D eigenvalue weighted by molar-refractivity contribution is -0.116. The minimum atomic E-state index is -0.329. The first-order valence-corrected chi connectivity index (χ1v) is 7.04. The smallest absolute Gasteiger partial charge is 0.244 e. The standard InChI is InChI=1S/C16H20FNO2/c17-15-5-2-1-4-14(15)8-9-16(19)18-10-3-11-20-12-13-6-7-13/h1-2,4-5,8-9,13H,3,6-7,10-12H2,(H,18,19)/b9-8+. The summed E-state index contributed by atoms with van der Waals surface area (Å²) in [4.78, 5) is 11.5. The molecule has 1 aliphatic rings. The zero-order chi connectivity index (χ0) is 14.2. The van der Waals surface area contributed by atoms with E-state index in [1.165, 1.54) is 31.1 Å². The molecule has 2 rings (SSSR count). The van der Waals surface area contributed by atoms with E-state index in [4.69, 9.17) is 4.74 Å². The third-order valence-electron chi connectivity index (χ3n) is 3.13. The van der Waals surface area contributed by atoms with Crippen molar-refractivity contribution in [3.05, 3.63) is 41.7 Å². The van der Waals surface area contributed by atoms with Crippen molar-refractivity contribution in [1.29, 1.82) is 0 Å². The van der Waals surface area contributed by atoms with E-state index in [0.29, 0.717) is 18.7 Å². The first kappa shape index (κ1) is 14.7. The first-order chi connectivity index (χ1) is 9.75. The molecule has 1 aromatic rings. The Morgan fingerprint density at radius 3 is 2.95 bits per heavy atom. The molecule has 0 unspecified atom stereocenters. The fourth-order valence-corrected chi connectivity index (χ4v) is 1.75. The van der Waals surface area contributed by atoms with Gasteiger partial charge in [-0.15, -0.1) is 0 Å². The molecule has 1 aromatic carbocycles. The van der Waals surface area contributed by atoms with E-state index >= 15 is 0 Å². The third-order valence-corrected chi connectivity index (χ3v) is 3.13. The highest BCUT2D eigenvalue weighted by atomic mass is 19.1. The van der Waals surface area contributed by atoms with Crippen LogP contribution in [0.2, 0.25) is 0 Å². The molecule has 0 atom stereocenters. The average molecular weight is 277 g/mol. The van der Waals surface area contributed by atoms with Gasteiger partial charge in [-0.3, -0.25) is 4.79 Å². The van der Waals surface area contributed by atoms with Gasteiger partial charge in [-0.1, -0.05) is 18.2 Å². The Morgan fingerprint density at radius 2 is 2.20 bits per heavy atom. The molecule has 0 heterocycles. The molecule has 1 N–H and O–H groups in total. The van der Waals surface area contributed by atoms with Crippen LogP contribution < -0.4 is 5.32 Å². The lowest BCUT2D eigenvalue weighted by atomic mass is 10.2. The van der Waals surface area contributed by atoms with Crippen LogP contribution in [0.5, 0.6) is 0 Å². The zero-order valence-corrected chi connectivity index (χ0v) is 11.5. The number of benzene rings is 1. The van der Waals surface area contributed by atoms with Crippen LogP contribution in [0.15, 0.2) is 30.3 Å². The van der Waals surface area contributed by atoms with Crippen LogP contribution in [-0.2, 0) is 9.53 Å². The number of halogens is 1. The molecular weight excluding hydrogens is 257 g/mol. The lowest BCUT2D eigenvalue weighted by Crippen LogP contribution is -2.23. The van der Waals surface area contributed by atoms with E-state index in [2.05, 4.69) is 5.32 Å². The van der Waals surface area contributed by atoms with Gasteiger partial charge in [-0.05, 0) is 37.3 Å². The average Bonchev–Trinajstić information content (AvgIpc) is 3.26. The molecule has 0 aliphatic heterocycles. The van der Waals surface area contributed by atoms with Crippen molar-refractivity contribution in [2.75, 3.05) is 19.8 Å². The second-order valence-electron chi connectivity index (χ2n) is 5.02. The Kier molecular flexibility index (Phi) is 5.74. The van der Waals surface area contributed by atoms with Crippen LogP contribution in [0.3, 0.4) is 0 Å². The molecule has 0 bridgehead atoms. The molecule has 20 heavy (non-hydrogen) atoms. The van der Waals surface area contributed by atoms with Crippen LogP contribution in [0.4, 0.5) is 4.39 Å². The van der Waals surface area contributed by atoms with Gasteiger partial charge in [0, 0.05) is 31.4 Å². The van der Waals surface area contributed by atoms with Crippen molar-refractivity contribution in [3.8, 4) is 0 Å². The Bertz CT molecular complexity index is 469. The predicted octanol–water partition coefficient (Wildman–Crippen LogP) is 2.77. The van der Waals surface area contributed by atoms with Crippen LogP contribution in [0.25, 0.3) is 6.08 Å². The highest BCUT2D eigenvalue weighted by Crippen LogP contribution is 2.28. The van der Waals surface area contributed by atoms with Crippen molar-refractivity contribution in [2.24, 2.45) is 5.92 Å². The Labute approximate surface area is 118 Å². The summed E-state index contributed by atoms with van der Waals surface area (Å²) in [6, 6.07) is 6.35. The number of hydrogen-bond acceptors (Lipinski definition) is 2. The maximum Gasteiger partial charge on any atom is 0.244 e. The Hall–Kier alpha value is -1.68. The van der Waals surface area contributed by atoms with E-state index < -0.39 is 0 Å². The molecule has 0 radical (unpaired) electrons. The molecule has 0 saturated heterocycles. The SMILES string of the molecule is O=C(/C=C/c1ccccc1F)NCCCOCC1CC1. The Morgan fingerprint density at radius 1 is 1.40 bits per heavy atom. The summed E-state index contributed by atoms with van der Waals surface area (Å²) in [6.45, 7) is 2.10. The molecule has 1 aliphatic carbocycles. The molecule has 1 fully saturated rings. The van der Waals surface area contributed by atoms with Crippen molar-refractivity contribution in [1.82, 2.24) is 5.32 Å². The molecule has 4 heteroatoms. The number of carbonyl (C=O) groups is 1. The van der Waals surface area contributed by atoms with E-state index in [-0.39, 0.29) is 11.7 Å². The zero-order valence-electron chi connectivity index (χ0n) is 11.5. The number of carbonyl (C=O) groups excluding carboxylic acids is 1. The molecular formula is C16H20FNO2. The van der Waals surface area contributed by atoms with E-state index in [9.17, 15) is 9.18 Å². The molecule has 0 spiro atoms. The van der Waals surface area contributed by atoms with Gasteiger partial charge in [0.05, 0.1) is 0 Å². The van der Waals surface area contributed by atoms with Crippen LogP contribution >= 0.6 is 0 Å². The van der Waals surface area contributed by atoms with Gasteiger partial charge in [0.2, 0.25) is 5.91 Å². The predicted molar refractivity (Wildman–Crippen MR) is 76.6 cm³/mol. The molecule has 3 nitrogen and oxygen atoms in total. The molecule has 1 amide bonds. The van der Waals surface area contributed by atoms with Gasteiger partial charge < -0.3 is 10.1 Å². The first-order valence-electron chi connectivity index (χ1n) is 7.04. The highest BCUT2D eigenvalue weighted by Gasteiger charge is 2.20. The summed E-state index contributed by atoms with van der Waals surface area (Å²) in [7, 11) is 0. The van der Waals surface area contributed by atoms with Crippen molar-refractivity contribution >= 4 is 12.0 Å². The van der Waals surface area contributed by atoms with Crippen molar-refractivity contribution in [2.45, 2.75) is 19.3 Å². The molecule has 108 valence electrons. The number of rotatable bonds is 8. The monoisotopic (exact) mass is 277 g/mol. The topological polar surface area (TPSA) is 38.3 Å². The highest BCUT2D eigenvalue weighted by molar-refractivity contribution is 5.91. The second kappa shape index (κ2) is 7.80. The van der Waals surface area contributed by atoms with Crippen molar-refractivity contribution in [3.63, 3.8) is 0 Å². The van der Waals surface area contributed by atoms with Crippen LogP contribution in [0.1, 0.15) is 24.8 Å². The molecule has 0 aromatic heterocycles. The summed E-state index contributed by atoms with van der Waals surface area (Å²) in [6.07, 6.45) is 6.21. The summed E-state index contributed by atoms with van der Waals surface area (Å²) < 4.78 is 18.8. The summed E-state index contributed by atoms with van der Waals surface area (Å²) in [5.74, 6) is 0.230. The van der Waals surface area contributed by atoms with Gasteiger partial charge in [0.25, 0.3) is 0 Å². The Balaban J connectivity index is 1.58. The van der Waals surface area contributed by atoms with Crippen LogP contribution in [-0.4, -0.2) is 25.7 Å². The fourth-order valence-electron chi connectivity index (χ4n) is 1.75. The van der Waals surface area contributed by atoms with Crippen molar-refractivity contribution < 1.29 is 13.9 Å².